The van der Waals surface area contributed by atoms with Crippen molar-refractivity contribution in [2.45, 2.75) is 50.9 Å². The molecule has 0 spiro atoms. The summed E-state index contributed by atoms with van der Waals surface area (Å²) in [5, 5.41) is 2.92. The SMILES string of the molecule is COC(Cc1ccc(COC(=O)c2cccc(COc3cccc(CNC(=O)O[C@H]4CN5CCC4C(c4ccccc4)C5)c3)c2)cc1)OC. The van der Waals surface area contributed by atoms with Gasteiger partial charge in [0.2, 0.25) is 0 Å². The molecule has 3 unspecified atom stereocenters. The first-order valence-corrected chi connectivity index (χ1v) is 16.8. The number of methoxy groups -OCH3 is 2. The highest BCUT2D eigenvalue weighted by molar-refractivity contribution is 5.89. The molecule has 256 valence electrons. The van der Waals surface area contributed by atoms with Gasteiger partial charge in [0.05, 0.1) is 5.56 Å². The molecule has 9 nitrogen and oxygen atoms in total. The number of nitrogens with one attached hydrogen (secondary N) is 1. The first kappa shape index (κ1) is 34.2. The van der Waals surface area contributed by atoms with Crippen molar-refractivity contribution < 1.29 is 33.3 Å². The normalized spacial score (nSPS) is 19.7. The van der Waals surface area contributed by atoms with Crippen molar-refractivity contribution in [1.82, 2.24) is 10.2 Å². The minimum Gasteiger partial charge on any atom is -0.489 e. The average molecular weight is 665 g/mol. The lowest BCUT2D eigenvalue weighted by Gasteiger charge is -2.49. The lowest BCUT2D eigenvalue weighted by Crippen LogP contribution is -2.56. The van der Waals surface area contributed by atoms with Gasteiger partial charge in [0, 0.05) is 52.1 Å². The topological polar surface area (TPSA) is 95.6 Å². The predicted octanol–water partition coefficient (Wildman–Crippen LogP) is 6.50. The summed E-state index contributed by atoms with van der Waals surface area (Å²) in [7, 11) is 3.22. The van der Waals surface area contributed by atoms with Crippen molar-refractivity contribution in [3.63, 3.8) is 0 Å². The van der Waals surface area contributed by atoms with Crippen LogP contribution in [0.25, 0.3) is 0 Å². The fourth-order valence-corrected chi connectivity index (χ4v) is 6.73. The Morgan fingerprint density at radius 2 is 1.55 bits per heavy atom. The maximum Gasteiger partial charge on any atom is 0.407 e. The fraction of sp³-hybridized carbons (Fsp3) is 0.350. The van der Waals surface area contributed by atoms with Crippen molar-refractivity contribution in [3.8, 4) is 5.75 Å². The molecule has 3 heterocycles. The molecule has 0 aliphatic carbocycles. The number of benzene rings is 4. The second kappa shape index (κ2) is 16.6. The highest BCUT2D eigenvalue weighted by atomic mass is 16.7. The van der Waals surface area contributed by atoms with Gasteiger partial charge in [-0.15, -0.1) is 0 Å². The van der Waals surface area contributed by atoms with E-state index in [1.807, 2.05) is 66.7 Å². The number of nitrogens with zero attached hydrogens (tertiary/aromatic N) is 1. The Morgan fingerprint density at radius 3 is 2.33 bits per heavy atom. The monoisotopic (exact) mass is 664 g/mol. The van der Waals surface area contributed by atoms with Gasteiger partial charge in [0.15, 0.2) is 6.29 Å². The molecule has 1 amide bonds. The third-order valence-corrected chi connectivity index (χ3v) is 9.38. The van der Waals surface area contributed by atoms with Crippen molar-refractivity contribution >= 4 is 12.1 Å². The molecular weight excluding hydrogens is 620 g/mol. The highest BCUT2D eigenvalue weighted by Crippen LogP contribution is 2.40. The number of hydrogen-bond acceptors (Lipinski definition) is 8. The van der Waals surface area contributed by atoms with E-state index < -0.39 is 12.1 Å². The van der Waals surface area contributed by atoms with Gasteiger partial charge in [-0.25, -0.2) is 9.59 Å². The molecule has 0 radical (unpaired) electrons. The molecular formula is C40H44N2O7. The quantitative estimate of drug-likeness (QED) is 0.121. The highest BCUT2D eigenvalue weighted by Gasteiger charge is 2.43. The van der Waals surface area contributed by atoms with E-state index in [0.29, 0.717) is 36.1 Å². The molecule has 3 aliphatic rings. The molecule has 3 fully saturated rings. The smallest absolute Gasteiger partial charge is 0.407 e. The molecule has 7 rings (SSSR count). The summed E-state index contributed by atoms with van der Waals surface area (Å²) in [6.45, 7) is 3.61. The molecule has 0 aromatic heterocycles. The number of amides is 1. The molecule has 0 saturated carbocycles. The van der Waals surface area contributed by atoms with Crippen molar-refractivity contribution in [2.75, 3.05) is 33.9 Å². The van der Waals surface area contributed by atoms with E-state index in [9.17, 15) is 9.59 Å². The zero-order chi connectivity index (χ0) is 34.0. The molecule has 4 aromatic carbocycles. The molecule has 1 N–H and O–H groups in total. The maximum absolute atomic E-state index is 12.9. The van der Waals surface area contributed by atoms with Crippen LogP contribution in [0.1, 0.15) is 50.5 Å². The van der Waals surface area contributed by atoms with Crippen LogP contribution in [0.3, 0.4) is 0 Å². The number of piperidine rings is 3. The predicted molar refractivity (Wildman–Crippen MR) is 185 cm³/mol. The molecule has 2 bridgehead atoms. The van der Waals surface area contributed by atoms with Gasteiger partial charge in [-0.05, 0) is 65.0 Å². The average Bonchev–Trinajstić information content (AvgIpc) is 3.15. The van der Waals surface area contributed by atoms with Crippen molar-refractivity contribution in [3.05, 3.63) is 137 Å². The molecule has 3 aliphatic heterocycles. The van der Waals surface area contributed by atoms with Gasteiger partial charge < -0.3 is 29.0 Å². The van der Waals surface area contributed by atoms with Crippen LogP contribution >= 0.6 is 0 Å². The van der Waals surface area contributed by atoms with Gasteiger partial charge in [-0.3, -0.25) is 4.90 Å². The standard InChI is InChI=1S/C40H44N2O7/c1-45-38(46-2)22-28-14-16-29(17-15-28)26-48-39(43)33-12-6-9-31(20-33)27-47-34-13-7-8-30(21-34)23-41-40(44)49-37-25-42-19-18-35(37)36(24-42)32-10-4-3-5-11-32/h3-17,20-21,35-38H,18-19,22-27H2,1-2H3,(H,41,44)/t35?,36?,37-/m0/s1. The summed E-state index contributed by atoms with van der Waals surface area (Å²) < 4.78 is 28.1. The van der Waals surface area contributed by atoms with Gasteiger partial charge in [-0.2, -0.15) is 0 Å². The van der Waals surface area contributed by atoms with Crippen molar-refractivity contribution in [2.24, 2.45) is 5.92 Å². The Labute approximate surface area is 288 Å². The van der Waals surface area contributed by atoms with Crippen LogP contribution in [-0.4, -0.2) is 63.2 Å². The van der Waals surface area contributed by atoms with E-state index in [1.54, 1.807) is 26.4 Å². The van der Waals surface area contributed by atoms with E-state index in [0.717, 1.165) is 48.3 Å². The molecule has 4 atom stereocenters. The van der Waals surface area contributed by atoms with Gasteiger partial charge in [0.25, 0.3) is 0 Å². The summed E-state index contributed by atoms with van der Waals surface area (Å²) in [5.41, 5.74) is 5.46. The summed E-state index contributed by atoms with van der Waals surface area (Å²) in [6, 6.07) is 33.2. The van der Waals surface area contributed by atoms with Gasteiger partial charge in [-0.1, -0.05) is 78.9 Å². The van der Waals surface area contributed by atoms with Gasteiger partial charge >= 0.3 is 12.1 Å². The van der Waals surface area contributed by atoms with Crippen LogP contribution in [0.4, 0.5) is 4.79 Å². The van der Waals surface area contributed by atoms with E-state index in [2.05, 4.69) is 34.5 Å². The Hall–Kier alpha value is -4.70. The van der Waals surface area contributed by atoms with Crippen LogP contribution in [-0.2, 0) is 45.1 Å². The first-order chi connectivity index (χ1) is 24.0. The largest absolute Gasteiger partial charge is 0.489 e. The summed E-state index contributed by atoms with van der Waals surface area (Å²) in [6.07, 6.45) is 0.832. The van der Waals surface area contributed by atoms with Crippen LogP contribution in [0.15, 0.2) is 103 Å². The summed E-state index contributed by atoms with van der Waals surface area (Å²) in [5.74, 6) is 0.957. The zero-order valence-electron chi connectivity index (χ0n) is 28.1. The summed E-state index contributed by atoms with van der Waals surface area (Å²) >= 11 is 0. The Bertz CT molecular complexity index is 1680. The molecule has 3 saturated heterocycles. The number of alkyl carbamates (subject to hydrolysis) is 1. The fourth-order valence-electron chi connectivity index (χ4n) is 6.73. The van der Waals surface area contributed by atoms with Crippen LogP contribution in [0.2, 0.25) is 0 Å². The van der Waals surface area contributed by atoms with Crippen LogP contribution in [0.5, 0.6) is 5.75 Å². The van der Waals surface area contributed by atoms with Crippen LogP contribution < -0.4 is 10.1 Å². The Balaban J connectivity index is 0.956. The van der Waals surface area contributed by atoms with E-state index in [-0.39, 0.29) is 25.6 Å². The number of hydrogen-bond donors (Lipinski definition) is 1. The maximum atomic E-state index is 12.9. The van der Waals surface area contributed by atoms with Crippen molar-refractivity contribution in [1.29, 1.82) is 0 Å². The molecule has 9 heteroatoms. The number of ether oxygens (including phenoxy) is 5. The number of rotatable bonds is 14. The second-order valence-electron chi connectivity index (χ2n) is 12.7. The summed E-state index contributed by atoms with van der Waals surface area (Å²) in [4.78, 5) is 28.1. The van der Waals surface area contributed by atoms with Crippen LogP contribution in [0, 0.1) is 5.92 Å². The van der Waals surface area contributed by atoms with E-state index >= 15 is 0 Å². The molecule has 49 heavy (non-hydrogen) atoms. The molecule has 4 aromatic rings. The zero-order valence-corrected chi connectivity index (χ0v) is 28.1. The Kier molecular flexibility index (Phi) is 11.6. The third kappa shape index (κ3) is 9.26. The third-order valence-electron chi connectivity index (χ3n) is 9.38. The number of carbonyl (C=O) groups excluding carboxylic acids is 2. The minimum atomic E-state index is -0.404. The van der Waals surface area contributed by atoms with E-state index in [4.69, 9.17) is 23.7 Å². The number of carbonyl (C=O) groups is 2. The number of esters is 1. The lowest BCUT2D eigenvalue weighted by molar-refractivity contribution is -0.100. The van der Waals surface area contributed by atoms with Gasteiger partial charge in [0.1, 0.15) is 25.1 Å². The van der Waals surface area contributed by atoms with E-state index in [1.165, 1.54) is 5.56 Å². The number of fused-ring (bicyclic) bond motifs is 3. The lowest BCUT2D eigenvalue weighted by atomic mass is 9.74. The first-order valence-electron chi connectivity index (χ1n) is 16.8. The Morgan fingerprint density at radius 1 is 0.796 bits per heavy atom. The second-order valence-corrected chi connectivity index (χ2v) is 12.7. The minimum absolute atomic E-state index is 0.127.